The largest absolute Gasteiger partial charge is 0.129 e. The van der Waals surface area contributed by atoms with Crippen LogP contribution < -0.4 is 0 Å². The van der Waals surface area contributed by atoms with Crippen LogP contribution in [0.15, 0.2) is 77.7 Å². The SMILES string of the molecule is C=C/C=C(\C(=S)C=C(C)C)c1cccc(-c2ccc(CC)c(SC)c2)c1. The van der Waals surface area contributed by atoms with Gasteiger partial charge in [-0.1, -0.05) is 73.8 Å². The smallest absolute Gasteiger partial charge is 0.0454 e. The average Bonchev–Trinajstić information content (AvgIpc) is 2.64. The van der Waals surface area contributed by atoms with Gasteiger partial charge in [0.2, 0.25) is 0 Å². The number of benzene rings is 2. The first-order chi connectivity index (χ1) is 12.5. The van der Waals surface area contributed by atoms with E-state index in [9.17, 15) is 0 Å². The van der Waals surface area contributed by atoms with Crippen molar-refractivity contribution in [3.8, 4) is 11.1 Å². The number of thioether (sulfide) groups is 1. The number of rotatable bonds is 7. The summed E-state index contributed by atoms with van der Waals surface area (Å²) in [4.78, 5) is 2.19. The summed E-state index contributed by atoms with van der Waals surface area (Å²) in [6.45, 7) is 10.2. The molecule has 0 bridgehead atoms. The monoisotopic (exact) mass is 378 g/mol. The van der Waals surface area contributed by atoms with Crippen molar-refractivity contribution in [2.45, 2.75) is 32.1 Å². The van der Waals surface area contributed by atoms with Gasteiger partial charge in [0.1, 0.15) is 0 Å². The molecule has 0 amide bonds. The van der Waals surface area contributed by atoms with Gasteiger partial charge in [0.15, 0.2) is 0 Å². The number of allylic oxidation sites excluding steroid dienone is 5. The van der Waals surface area contributed by atoms with Gasteiger partial charge in [0.25, 0.3) is 0 Å². The lowest BCUT2D eigenvalue weighted by molar-refractivity contribution is 1.08. The van der Waals surface area contributed by atoms with E-state index >= 15 is 0 Å². The van der Waals surface area contributed by atoms with Crippen molar-refractivity contribution in [3.63, 3.8) is 0 Å². The number of aryl methyl sites for hydroxylation is 1. The van der Waals surface area contributed by atoms with Gasteiger partial charge in [-0.05, 0) is 72.6 Å². The van der Waals surface area contributed by atoms with E-state index in [-0.39, 0.29) is 0 Å². The highest BCUT2D eigenvalue weighted by Crippen LogP contribution is 2.30. The summed E-state index contributed by atoms with van der Waals surface area (Å²) in [6, 6.07) is 15.3. The molecule has 0 atom stereocenters. The molecule has 2 heteroatoms. The zero-order chi connectivity index (χ0) is 19.1. The minimum atomic E-state index is 0.841. The molecule has 0 spiro atoms. The summed E-state index contributed by atoms with van der Waals surface area (Å²) in [5, 5.41) is 0. The second-order valence-electron chi connectivity index (χ2n) is 6.36. The summed E-state index contributed by atoms with van der Waals surface area (Å²) in [7, 11) is 0. The lowest BCUT2D eigenvalue weighted by Crippen LogP contribution is -1.97. The topological polar surface area (TPSA) is 0 Å². The molecule has 0 N–H and O–H groups in total. The Labute approximate surface area is 167 Å². The van der Waals surface area contributed by atoms with Gasteiger partial charge >= 0.3 is 0 Å². The molecular formula is C24H26S2. The molecule has 0 aliphatic carbocycles. The fourth-order valence-corrected chi connectivity index (χ4v) is 4.00. The van der Waals surface area contributed by atoms with E-state index in [2.05, 4.69) is 76.1 Å². The van der Waals surface area contributed by atoms with Crippen LogP contribution in [0.3, 0.4) is 0 Å². The fraction of sp³-hybridized carbons (Fsp3) is 0.208. The molecule has 0 heterocycles. The van der Waals surface area contributed by atoms with Gasteiger partial charge in [-0.15, -0.1) is 11.8 Å². The van der Waals surface area contributed by atoms with Crippen LogP contribution in [-0.4, -0.2) is 11.1 Å². The van der Waals surface area contributed by atoms with Crippen LogP contribution in [0, 0.1) is 0 Å². The molecule has 134 valence electrons. The molecular weight excluding hydrogens is 352 g/mol. The van der Waals surface area contributed by atoms with Crippen molar-refractivity contribution >= 4 is 34.4 Å². The highest BCUT2D eigenvalue weighted by Gasteiger charge is 2.09. The Kier molecular flexibility index (Phi) is 7.62. The van der Waals surface area contributed by atoms with Crippen LogP contribution >= 0.6 is 24.0 Å². The predicted octanol–water partition coefficient (Wildman–Crippen LogP) is 7.54. The van der Waals surface area contributed by atoms with Crippen molar-refractivity contribution in [2.75, 3.05) is 6.26 Å². The molecule has 2 aromatic rings. The van der Waals surface area contributed by atoms with Crippen LogP contribution in [0.5, 0.6) is 0 Å². The second kappa shape index (κ2) is 9.70. The Morgan fingerprint density at radius 2 is 1.85 bits per heavy atom. The van der Waals surface area contributed by atoms with Gasteiger partial charge in [0.05, 0.1) is 0 Å². The molecule has 26 heavy (non-hydrogen) atoms. The maximum Gasteiger partial charge on any atom is 0.0454 e. The molecule has 0 nitrogen and oxygen atoms in total. The van der Waals surface area contributed by atoms with Crippen molar-refractivity contribution in [1.29, 1.82) is 0 Å². The molecule has 0 unspecified atom stereocenters. The van der Waals surface area contributed by atoms with Gasteiger partial charge in [-0.25, -0.2) is 0 Å². The molecule has 0 saturated heterocycles. The maximum atomic E-state index is 5.64. The van der Waals surface area contributed by atoms with Gasteiger partial charge < -0.3 is 0 Å². The summed E-state index contributed by atoms with van der Waals surface area (Å²) < 4.78 is 0. The summed E-state index contributed by atoms with van der Waals surface area (Å²) in [6.07, 6.45) is 9.03. The van der Waals surface area contributed by atoms with Crippen LogP contribution in [0.2, 0.25) is 0 Å². The average molecular weight is 379 g/mol. The first-order valence-corrected chi connectivity index (χ1v) is 10.4. The molecule has 2 rings (SSSR count). The molecule has 0 aliphatic rings. The first kappa shape index (κ1) is 20.4. The summed E-state index contributed by atoms with van der Waals surface area (Å²) >= 11 is 7.44. The zero-order valence-corrected chi connectivity index (χ0v) is 17.6. The van der Waals surface area contributed by atoms with Crippen molar-refractivity contribution in [1.82, 2.24) is 0 Å². The highest BCUT2D eigenvalue weighted by molar-refractivity contribution is 7.98. The van der Waals surface area contributed by atoms with Crippen LogP contribution in [-0.2, 0) is 6.42 Å². The van der Waals surface area contributed by atoms with Crippen molar-refractivity contribution in [2.24, 2.45) is 0 Å². The molecule has 0 radical (unpaired) electrons. The first-order valence-electron chi connectivity index (χ1n) is 8.79. The van der Waals surface area contributed by atoms with Gasteiger partial charge in [-0.2, -0.15) is 0 Å². The molecule has 2 aromatic carbocycles. The number of hydrogen-bond donors (Lipinski definition) is 0. The minimum Gasteiger partial charge on any atom is -0.129 e. The normalized spacial score (nSPS) is 11.2. The Bertz CT molecular complexity index is 866. The Hall–Kier alpha value is -1.90. The highest BCUT2D eigenvalue weighted by atomic mass is 32.2. The second-order valence-corrected chi connectivity index (χ2v) is 7.65. The van der Waals surface area contributed by atoms with Crippen molar-refractivity contribution in [3.05, 3.63) is 84.0 Å². The zero-order valence-electron chi connectivity index (χ0n) is 16.0. The lowest BCUT2D eigenvalue weighted by atomic mass is 9.96. The number of thiocarbonyl (C=S) groups is 1. The Morgan fingerprint density at radius 1 is 1.12 bits per heavy atom. The minimum absolute atomic E-state index is 0.841. The van der Waals surface area contributed by atoms with E-state index in [4.69, 9.17) is 12.2 Å². The lowest BCUT2D eigenvalue weighted by Gasteiger charge is -2.12. The van der Waals surface area contributed by atoms with E-state index in [1.165, 1.54) is 27.2 Å². The molecule has 0 saturated carbocycles. The van der Waals surface area contributed by atoms with Gasteiger partial charge in [-0.3, -0.25) is 0 Å². The molecule has 0 aromatic heterocycles. The van der Waals surface area contributed by atoms with Gasteiger partial charge in [0, 0.05) is 9.76 Å². The van der Waals surface area contributed by atoms with Crippen LogP contribution in [0.1, 0.15) is 31.9 Å². The number of hydrogen-bond acceptors (Lipinski definition) is 2. The molecule has 0 fully saturated rings. The van der Waals surface area contributed by atoms with E-state index in [0.717, 1.165) is 22.4 Å². The predicted molar refractivity (Wildman–Crippen MR) is 123 cm³/mol. The fourth-order valence-electron chi connectivity index (χ4n) is 2.86. The third-order valence-electron chi connectivity index (χ3n) is 4.14. The standard InChI is InChI=1S/C24H26S2/c1-6-9-22(23(25)14-17(3)4)21-11-8-10-19(15-21)20-13-12-18(7-2)24(16-20)26-5/h6,8-16H,1,7H2,2-5H3/b22-9-. The Balaban J connectivity index is 2.50. The Morgan fingerprint density at radius 3 is 2.46 bits per heavy atom. The van der Waals surface area contributed by atoms with Crippen LogP contribution in [0.4, 0.5) is 0 Å². The summed E-state index contributed by atoms with van der Waals surface area (Å²) in [5.74, 6) is 0. The van der Waals surface area contributed by atoms with E-state index in [1.807, 2.05) is 12.2 Å². The van der Waals surface area contributed by atoms with E-state index in [0.29, 0.717) is 0 Å². The summed E-state index contributed by atoms with van der Waals surface area (Å²) in [5.41, 5.74) is 7.19. The van der Waals surface area contributed by atoms with Crippen LogP contribution in [0.25, 0.3) is 16.7 Å². The third kappa shape index (κ3) is 5.06. The van der Waals surface area contributed by atoms with E-state index < -0.39 is 0 Å². The third-order valence-corrected chi connectivity index (χ3v) is 5.30. The van der Waals surface area contributed by atoms with Crippen molar-refractivity contribution < 1.29 is 0 Å². The quantitative estimate of drug-likeness (QED) is 0.211. The molecule has 0 aliphatic heterocycles. The van der Waals surface area contributed by atoms with E-state index in [1.54, 1.807) is 17.8 Å². The maximum absolute atomic E-state index is 5.64.